The maximum atomic E-state index is 11.8. The highest BCUT2D eigenvalue weighted by atomic mass is 16.5. The Morgan fingerprint density at radius 1 is 1.11 bits per heavy atom. The molecule has 2 unspecified atom stereocenters. The number of ether oxygens (including phenoxy) is 2. The second-order valence-electron chi connectivity index (χ2n) is 4.27. The summed E-state index contributed by atoms with van der Waals surface area (Å²) in [6, 6.07) is 0. The zero-order chi connectivity index (χ0) is 13.5. The fourth-order valence-electron chi connectivity index (χ4n) is 2.23. The molecular formula is C12H22N2O4. The summed E-state index contributed by atoms with van der Waals surface area (Å²) in [7, 11) is 0. The normalized spacial score (nSPS) is 23.9. The summed E-state index contributed by atoms with van der Waals surface area (Å²) in [6.45, 7) is 6.35. The summed E-state index contributed by atoms with van der Waals surface area (Å²) in [5.74, 6) is -1.52. The first-order valence-electron chi connectivity index (χ1n) is 6.39. The van der Waals surface area contributed by atoms with Crippen LogP contribution in [0.3, 0.4) is 0 Å². The van der Waals surface area contributed by atoms with Crippen molar-refractivity contribution in [2.24, 2.45) is 17.6 Å². The summed E-state index contributed by atoms with van der Waals surface area (Å²) < 4.78 is 10.0. The highest BCUT2D eigenvalue weighted by Crippen LogP contribution is 2.25. The number of nitrogens with two attached hydrogens (primary N) is 1. The van der Waals surface area contributed by atoms with Gasteiger partial charge in [-0.25, -0.2) is 0 Å². The molecule has 1 heterocycles. The lowest BCUT2D eigenvalue weighted by Gasteiger charge is -2.15. The Balaban J connectivity index is 2.69. The van der Waals surface area contributed by atoms with Crippen LogP contribution in [0.5, 0.6) is 0 Å². The van der Waals surface area contributed by atoms with Gasteiger partial charge in [-0.15, -0.1) is 0 Å². The van der Waals surface area contributed by atoms with Gasteiger partial charge in [-0.3, -0.25) is 9.59 Å². The minimum absolute atomic E-state index is 0.321. The predicted octanol–water partition coefficient (Wildman–Crippen LogP) is -0.381. The first kappa shape index (κ1) is 14.9. The highest BCUT2D eigenvalue weighted by Gasteiger charge is 2.43. The van der Waals surface area contributed by atoms with Gasteiger partial charge in [-0.1, -0.05) is 0 Å². The van der Waals surface area contributed by atoms with E-state index in [4.69, 9.17) is 15.2 Å². The molecule has 0 saturated carbocycles. The Morgan fingerprint density at radius 2 is 1.56 bits per heavy atom. The number of hydrogen-bond donors (Lipinski definition) is 1. The van der Waals surface area contributed by atoms with E-state index in [0.29, 0.717) is 39.4 Å². The van der Waals surface area contributed by atoms with Crippen LogP contribution in [-0.4, -0.2) is 56.2 Å². The Kier molecular flexibility index (Phi) is 6.07. The first-order valence-corrected chi connectivity index (χ1v) is 6.39. The summed E-state index contributed by atoms with van der Waals surface area (Å²) in [6.07, 6.45) is 0. The quantitative estimate of drug-likeness (QED) is 0.654. The minimum atomic E-state index is -0.435. The molecule has 0 aromatic carbocycles. The summed E-state index contributed by atoms with van der Waals surface area (Å²) in [5, 5.41) is 0. The SMILES string of the molecule is CCOC(=O)C1CN(CCN)CC1C(=O)OCC. The number of nitrogens with zero attached hydrogens (tertiary/aromatic N) is 1. The fraction of sp³-hybridized carbons (Fsp3) is 0.833. The predicted molar refractivity (Wildman–Crippen MR) is 65.7 cm³/mol. The van der Waals surface area contributed by atoms with Crippen LogP contribution in [0.15, 0.2) is 0 Å². The number of esters is 2. The minimum Gasteiger partial charge on any atom is -0.466 e. The third kappa shape index (κ3) is 3.68. The van der Waals surface area contributed by atoms with Crippen molar-refractivity contribution < 1.29 is 19.1 Å². The van der Waals surface area contributed by atoms with Gasteiger partial charge >= 0.3 is 11.9 Å². The molecule has 6 heteroatoms. The monoisotopic (exact) mass is 258 g/mol. The Hall–Kier alpha value is -1.14. The zero-order valence-corrected chi connectivity index (χ0v) is 11.1. The van der Waals surface area contributed by atoms with Gasteiger partial charge in [0.05, 0.1) is 25.0 Å². The van der Waals surface area contributed by atoms with Crippen molar-refractivity contribution in [2.75, 3.05) is 39.4 Å². The number of hydrogen-bond acceptors (Lipinski definition) is 6. The molecule has 1 fully saturated rings. The van der Waals surface area contributed by atoms with Crippen molar-refractivity contribution in [2.45, 2.75) is 13.8 Å². The third-order valence-electron chi connectivity index (χ3n) is 3.02. The van der Waals surface area contributed by atoms with E-state index in [9.17, 15) is 9.59 Å². The second kappa shape index (κ2) is 7.33. The van der Waals surface area contributed by atoms with Crippen LogP contribution in [0.4, 0.5) is 0 Å². The van der Waals surface area contributed by atoms with Crippen LogP contribution in [-0.2, 0) is 19.1 Å². The lowest BCUT2D eigenvalue weighted by molar-refractivity contribution is -0.157. The topological polar surface area (TPSA) is 81.9 Å². The van der Waals surface area contributed by atoms with E-state index >= 15 is 0 Å². The van der Waals surface area contributed by atoms with Gasteiger partial charge in [0.15, 0.2) is 0 Å². The zero-order valence-electron chi connectivity index (χ0n) is 11.1. The van der Waals surface area contributed by atoms with E-state index in [0.717, 1.165) is 0 Å². The molecule has 1 saturated heterocycles. The third-order valence-corrected chi connectivity index (χ3v) is 3.02. The van der Waals surface area contributed by atoms with Gasteiger partial charge in [0.1, 0.15) is 0 Å². The first-order chi connectivity index (χ1) is 8.63. The van der Waals surface area contributed by atoms with Crippen molar-refractivity contribution in [3.8, 4) is 0 Å². The van der Waals surface area contributed by atoms with Crippen molar-refractivity contribution >= 4 is 11.9 Å². The number of carbonyl (C=O) groups excluding carboxylic acids is 2. The second-order valence-corrected chi connectivity index (χ2v) is 4.27. The summed E-state index contributed by atoms with van der Waals surface area (Å²) >= 11 is 0. The highest BCUT2D eigenvalue weighted by molar-refractivity contribution is 5.83. The Labute approximate surface area is 107 Å². The van der Waals surface area contributed by atoms with Gasteiger partial charge in [0.2, 0.25) is 0 Å². The van der Waals surface area contributed by atoms with E-state index in [1.54, 1.807) is 13.8 Å². The van der Waals surface area contributed by atoms with Gasteiger partial charge in [0, 0.05) is 26.2 Å². The van der Waals surface area contributed by atoms with Gasteiger partial charge < -0.3 is 20.1 Å². The van der Waals surface area contributed by atoms with Crippen molar-refractivity contribution in [1.29, 1.82) is 0 Å². The van der Waals surface area contributed by atoms with Gasteiger partial charge in [0.25, 0.3) is 0 Å². The molecule has 0 spiro atoms. The van der Waals surface area contributed by atoms with Crippen molar-refractivity contribution in [1.82, 2.24) is 4.90 Å². The molecule has 104 valence electrons. The lowest BCUT2D eigenvalue weighted by atomic mass is 9.96. The molecule has 0 amide bonds. The van der Waals surface area contributed by atoms with Crippen molar-refractivity contribution in [3.05, 3.63) is 0 Å². The van der Waals surface area contributed by atoms with Crippen LogP contribution in [0.2, 0.25) is 0 Å². The smallest absolute Gasteiger partial charge is 0.311 e. The summed E-state index contributed by atoms with van der Waals surface area (Å²) in [5.41, 5.74) is 5.49. The van der Waals surface area contributed by atoms with Crippen molar-refractivity contribution in [3.63, 3.8) is 0 Å². The molecule has 18 heavy (non-hydrogen) atoms. The molecule has 1 aliphatic rings. The lowest BCUT2D eigenvalue weighted by Crippen LogP contribution is -2.31. The van der Waals surface area contributed by atoms with Crippen LogP contribution in [0, 0.1) is 11.8 Å². The number of rotatable bonds is 6. The molecule has 2 atom stereocenters. The molecule has 0 aliphatic carbocycles. The molecule has 6 nitrogen and oxygen atoms in total. The Bertz CT molecular complexity index is 270. The standard InChI is InChI=1S/C12H22N2O4/c1-3-17-11(15)9-7-14(6-5-13)8-10(9)12(16)18-4-2/h9-10H,3-8,13H2,1-2H3. The number of likely N-dealkylation sites (tertiary alicyclic amines) is 1. The molecule has 2 N–H and O–H groups in total. The molecule has 0 radical (unpaired) electrons. The molecule has 1 rings (SSSR count). The Morgan fingerprint density at radius 3 is 1.89 bits per heavy atom. The van der Waals surface area contributed by atoms with E-state index in [1.165, 1.54) is 0 Å². The maximum absolute atomic E-state index is 11.8. The largest absolute Gasteiger partial charge is 0.466 e. The molecular weight excluding hydrogens is 236 g/mol. The van der Waals surface area contributed by atoms with Crippen LogP contribution >= 0.6 is 0 Å². The van der Waals surface area contributed by atoms with E-state index in [-0.39, 0.29) is 11.9 Å². The van der Waals surface area contributed by atoms with Crippen LogP contribution < -0.4 is 5.73 Å². The van der Waals surface area contributed by atoms with Gasteiger partial charge in [-0.2, -0.15) is 0 Å². The van der Waals surface area contributed by atoms with Gasteiger partial charge in [-0.05, 0) is 13.8 Å². The van der Waals surface area contributed by atoms with E-state index in [2.05, 4.69) is 0 Å². The van der Waals surface area contributed by atoms with E-state index in [1.807, 2.05) is 4.90 Å². The average molecular weight is 258 g/mol. The fourth-order valence-corrected chi connectivity index (χ4v) is 2.23. The van der Waals surface area contributed by atoms with E-state index < -0.39 is 11.8 Å². The van der Waals surface area contributed by atoms with Crippen LogP contribution in [0.1, 0.15) is 13.8 Å². The molecule has 1 aliphatic heterocycles. The van der Waals surface area contributed by atoms with Crippen LogP contribution in [0.25, 0.3) is 0 Å². The molecule has 0 aromatic heterocycles. The maximum Gasteiger partial charge on any atom is 0.311 e. The molecule has 0 aromatic rings. The number of carbonyl (C=O) groups is 2. The average Bonchev–Trinajstić information content (AvgIpc) is 2.74. The molecule has 0 bridgehead atoms. The summed E-state index contributed by atoms with van der Waals surface area (Å²) in [4.78, 5) is 25.7.